The molecule has 0 saturated heterocycles. The van der Waals surface area contributed by atoms with Crippen LogP contribution in [0, 0.1) is 11.3 Å². The summed E-state index contributed by atoms with van der Waals surface area (Å²) in [6.45, 7) is 6.63. The molecule has 2 N–H and O–H groups in total. The summed E-state index contributed by atoms with van der Waals surface area (Å²) in [5.74, 6) is 1.42. The molecule has 0 fully saturated rings. The van der Waals surface area contributed by atoms with Crippen molar-refractivity contribution in [2.24, 2.45) is 4.99 Å². The topological polar surface area (TPSA) is 110 Å². The zero-order valence-corrected chi connectivity index (χ0v) is 18.3. The van der Waals surface area contributed by atoms with Crippen LogP contribution in [-0.2, 0) is 13.0 Å². The third-order valence-corrected chi connectivity index (χ3v) is 4.80. The van der Waals surface area contributed by atoms with Gasteiger partial charge in [0.25, 0.3) is 0 Å². The van der Waals surface area contributed by atoms with Crippen molar-refractivity contribution >= 4 is 40.0 Å². The smallest absolute Gasteiger partial charge is 0.320 e. The standard InChI is InChI=1S/C20H25BrN6O2/c1-4-5-10-29-20-25-18(23)17(24-2)19(26-20)27(13-21)12-15-11-14(8-9-22)6-7-16(15)28-3/h6-7,11H,2,4-5,8,10,12-13H2,1,3H3,(H2,23,25,26). The van der Waals surface area contributed by atoms with Crippen LogP contribution in [0.2, 0.25) is 0 Å². The van der Waals surface area contributed by atoms with Crippen LogP contribution in [0.15, 0.2) is 23.2 Å². The first kappa shape index (κ1) is 22.4. The Hall–Kier alpha value is -2.86. The molecule has 9 heteroatoms. The van der Waals surface area contributed by atoms with Crippen molar-refractivity contribution in [2.45, 2.75) is 32.7 Å². The van der Waals surface area contributed by atoms with Crippen molar-refractivity contribution in [2.75, 3.05) is 29.8 Å². The monoisotopic (exact) mass is 460 g/mol. The van der Waals surface area contributed by atoms with Crippen LogP contribution in [0.25, 0.3) is 0 Å². The predicted octanol–water partition coefficient (Wildman–Crippen LogP) is 4.00. The molecule has 29 heavy (non-hydrogen) atoms. The summed E-state index contributed by atoms with van der Waals surface area (Å²) in [6.07, 6.45) is 2.22. The molecule has 0 aliphatic carbocycles. The number of methoxy groups -OCH3 is 1. The SMILES string of the molecule is C=Nc1c(N)nc(OCCCC)nc1N(CBr)Cc1cc(CC#N)ccc1OC. The molecular weight excluding hydrogens is 436 g/mol. The molecule has 0 saturated carbocycles. The van der Waals surface area contributed by atoms with Gasteiger partial charge in [-0.1, -0.05) is 35.3 Å². The van der Waals surface area contributed by atoms with E-state index in [0.717, 1.165) is 24.0 Å². The summed E-state index contributed by atoms with van der Waals surface area (Å²) in [6, 6.07) is 8.05. The summed E-state index contributed by atoms with van der Waals surface area (Å²) in [5.41, 5.74) is 8.72. The lowest BCUT2D eigenvalue weighted by Gasteiger charge is -2.24. The summed E-state index contributed by atoms with van der Waals surface area (Å²) >= 11 is 3.51. The molecule has 0 spiro atoms. The molecule has 0 radical (unpaired) electrons. The van der Waals surface area contributed by atoms with Gasteiger partial charge in [-0.25, -0.2) is 0 Å². The third-order valence-electron chi connectivity index (χ3n) is 4.19. The van der Waals surface area contributed by atoms with E-state index in [9.17, 15) is 0 Å². The molecule has 0 bridgehead atoms. The second kappa shape index (κ2) is 11.2. The van der Waals surface area contributed by atoms with Gasteiger partial charge in [0.2, 0.25) is 0 Å². The Kier molecular flexibility index (Phi) is 8.68. The maximum Gasteiger partial charge on any atom is 0.320 e. The summed E-state index contributed by atoms with van der Waals surface area (Å²) in [7, 11) is 1.61. The van der Waals surface area contributed by atoms with E-state index in [1.807, 2.05) is 23.1 Å². The van der Waals surface area contributed by atoms with Crippen LogP contribution in [-0.4, -0.2) is 35.9 Å². The number of ether oxygens (including phenoxy) is 2. The lowest BCUT2D eigenvalue weighted by Crippen LogP contribution is -2.23. The van der Waals surface area contributed by atoms with Gasteiger partial charge in [-0.2, -0.15) is 15.2 Å². The number of nitrogens with zero attached hydrogens (tertiary/aromatic N) is 5. The fourth-order valence-electron chi connectivity index (χ4n) is 2.72. The number of nitriles is 1. The quantitative estimate of drug-likeness (QED) is 0.233. The Morgan fingerprint density at radius 1 is 1.38 bits per heavy atom. The van der Waals surface area contributed by atoms with Crippen molar-refractivity contribution < 1.29 is 9.47 Å². The summed E-state index contributed by atoms with van der Waals surface area (Å²) in [5, 5.41) is 9.00. The van der Waals surface area contributed by atoms with Crippen LogP contribution in [0.4, 0.5) is 17.3 Å². The van der Waals surface area contributed by atoms with E-state index in [1.54, 1.807) is 7.11 Å². The Morgan fingerprint density at radius 2 is 2.17 bits per heavy atom. The maximum atomic E-state index is 9.00. The van der Waals surface area contributed by atoms with Gasteiger partial charge in [0.1, 0.15) is 11.4 Å². The van der Waals surface area contributed by atoms with Crippen LogP contribution in [0.3, 0.4) is 0 Å². The number of hydrogen-bond acceptors (Lipinski definition) is 8. The fourth-order valence-corrected chi connectivity index (χ4v) is 3.13. The highest BCUT2D eigenvalue weighted by molar-refractivity contribution is 9.09. The third kappa shape index (κ3) is 5.81. The molecule has 8 nitrogen and oxygen atoms in total. The number of hydrogen-bond donors (Lipinski definition) is 1. The van der Waals surface area contributed by atoms with Gasteiger partial charge in [-0.3, -0.25) is 4.99 Å². The Morgan fingerprint density at radius 3 is 2.79 bits per heavy atom. The van der Waals surface area contributed by atoms with Gasteiger partial charge in [0.15, 0.2) is 11.6 Å². The van der Waals surface area contributed by atoms with Crippen molar-refractivity contribution in [3.05, 3.63) is 29.3 Å². The minimum absolute atomic E-state index is 0.202. The number of alkyl halides is 1. The van der Waals surface area contributed by atoms with Crippen LogP contribution in [0.1, 0.15) is 30.9 Å². The van der Waals surface area contributed by atoms with E-state index < -0.39 is 0 Å². The minimum Gasteiger partial charge on any atom is -0.496 e. The number of unbranched alkanes of at least 4 members (excludes halogenated alkanes) is 1. The van der Waals surface area contributed by atoms with Crippen LogP contribution < -0.4 is 20.1 Å². The number of nitrogens with two attached hydrogens (primary N) is 1. The molecule has 2 rings (SSSR count). The van der Waals surface area contributed by atoms with E-state index in [0.29, 0.717) is 42.3 Å². The van der Waals surface area contributed by atoms with Crippen LogP contribution >= 0.6 is 15.9 Å². The fraction of sp³-hybridized carbons (Fsp3) is 0.400. The number of aliphatic imine (C=N–C) groups is 1. The molecule has 1 aromatic carbocycles. The zero-order chi connectivity index (χ0) is 21.2. The van der Waals surface area contributed by atoms with Gasteiger partial charge < -0.3 is 20.1 Å². The van der Waals surface area contributed by atoms with E-state index >= 15 is 0 Å². The molecule has 1 heterocycles. The lowest BCUT2D eigenvalue weighted by molar-refractivity contribution is 0.286. The van der Waals surface area contributed by atoms with E-state index in [1.165, 1.54) is 0 Å². The summed E-state index contributed by atoms with van der Waals surface area (Å²) in [4.78, 5) is 14.6. The average Bonchev–Trinajstić information content (AvgIpc) is 2.72. The van der Waals surface area contributed by atoms with Crippen molar-refractivity contribution in [1.29, 1.82) is 5.26 Å². The second-order valence-corrected chi connectivity index (χ2v) is 6.72. The number of nitrogen functional groups attached to an aromatic ring is 1. The van der Waals surface area contributed by atoms with Crippen molar-refractivity contribution in [3.63, 3.8) is 0 Å². The molecule has 0 aliphatic rings. The first-order chi connectivity index (χ1) is 14.1. The van der Waals surface area contributed by atoms with E-state index in [2.05, 4.69) is 50.6 Å². The van der Waals surface area contributed by atoms with Gasteiger partial charge in [0, 0.05) is 12.1 Å². The number of anilines is 2. The molecule has 154 valence electrons. The Labute approximate surface area is 179 Å². The highest BCUT2D eigenvalue weighted by Crippen LogP contribution is 2.35. The highest BCUT2D eigenvalue weighted by atomic mass is 79.9. The number of halogens is 1. The first-order valence-corrected chi connectivity index (χ1v) is 10.3. The van der Waals surface area contributed by atoms with Gasteiger partial charge in [-0.15, -0.1) is 0 Å². The van der Waals surface area contributed by atoms with Crippen molar-refractivity contribution in [1.82, 2.24) is 9.97 Å². The minimum atomic E-state index is 0.202. The van der Waals surface area contributed by atoms with Crippen LogP contribution in [0.5, 0.6) is 11.8 Å². The highest BCUT2D eigenvalue weighted by Gasteiger charge is 2.20. The normalized spacial score (nSPS) is 10.3. The van der Waals surface area contributed by atoms with E-state index in [-0.39, 0.29) is 11.8 Å². The zero-order valence-electron chi connectivity index (χ0n) is 16.7. The number of rotatable bonds is 11. The van der Waals surface area contributed by atoms with Gasteiger partial charge in [0.05, 0.1) is 31.7 Å². The molecule has 0 atom stereocenters. The first-order valence-electron chi connectivity index (χ1n) is 9.18. The lowest BCUT2D eigenvalue weighted by atomic mass is 10.1. The molecule has 0 amide bonds. The van der Waals surface area contributed by atoms with Gasteiger partial charge in [-0.05, 0) is 30.8 Å². The largest absolute Gasteiger partial charge is 0.496 e. The van der Waals surface area contributed by atoms with Gasteiger partial charge >= 0.3 is 6.01 Å². The number of benzene rings is 1. The summed E-state index contributed by atoms with van der Waals surface area (Å²) < 4.78 is 11.1. The molecule has 0 aliphatic heterocycles. The molecular formula is C20H25BrN6O2. The Bertz CT molecular complexity index is 884. The maximum absolute atomic E-state index is 9.00. The second-order valence-electron chi connectivity index (χ2n) is 6.22. The average molecular weight is 461 g/mol. The molecule has 0 unspecified atom stereocenters. The number of aromatic nitrogens is 2. The molecule has 2 aromatic rings. The van der Waals surface area contributed by atoms with Crippen molar-refractivity contribution in [3.8, 4) is 17.8 Å². The Balaban J connectivity index is 2.41. The molecule has 1 aromatic heterocycles. The predicted molar refractivity (Wildman–Crippen MR) is 118 cm³/mol. The van der Waals surface area contributed by atoms with E-state index in [4.69, 9.17) is 20.5 Å².